The minimum Gasteiger partial charge on any atom is -0.388 e. The van der Waals surface area contributed by atoms with E-state index in [0.717, 1.165) is 30.9 Å². The maximum absolute atomic E-state index is 10.4. The van der Waals surface area contributed by atoms with E-state index in [1.54, 1.807) is 11.3 Å². The summed E-state index contributed by atoms with van der Waals surface area (Å²) in [7, 11) is 0. The molecule has 4 heteroatoms. The number of thioether (sulfide) groups is 1. The highest BCUT2D eigenvalue weighted by Crippen LogP contribution is 2.30. The molecule has 0 aromatic carbocycles. The first-order chi connectivity index (χ1) is 8.59. The molecule has 0 radical (unpaired) electrons. The predicted molar refractivity (Wildman–Crippen MR) is 81.4 cm³/mol. The van der Waals surface area contributed by atoms with Gasteiger partial charge in [-0.25, -0.2) is 0 Å². The maximum Gasteiger partial charge on any atom is 0.0869 e. The van der Waals surface area contributed by atoms with Gasteiger partial charge in [0, 0.05) is 23.2 Å². The highest BCUT2D eigenvalue weighted by Gasteiger charge is 2.32. The minimum atomic E-state index is -0.489. The third-order valence-corrected chi connectivity index (χ3v) is 5.57. The van der Waals surface area contributed by atoms with E-state index in [9.17, 15) is 5.11 Å². The SMILES string of the molecule is CC(C)CC(NCC1(O)CCSC1)c1cccs1. The molecule has 2 unspecified atom stereocenters. The third kappa shape index (κ3) is 3.98. The van der Waals surface area contributed by atoms with Crippen molar-refractivity contribution < 1.29 is 5.11 Å². The van der Waals surface area contributed by atoms with Gasteiger partial charge in [-0.3, -0.25) is 0 Å². The molecule has 1 aliphatic heterocycles. The monoisotopic (exact) mass is 285 g/mol. The van der Waals surface area contributed by atoms with E-state index in [1.165, 1.54) is 4.88 Å². The topological polar surface area (TPSA) is 32.3 Å². The predicted octanol–water partition coefficient (Wildman–Crippen LogP) is 3.29. The van der Waals surface area contributed by atoms with Crippen molar-refractivity contribution in [2.24, 2.45) is 5.92 Å². The zero-order chi connectivity index (χ0) is 13.0. The van der Waals surface area contributed by atoms with E-state index in [2.05, 4.69) is 36.7 Å². The summed E-state index contributed by atoms with van der Waals surface area (Å²) >= 11 is 3.66. The molecule has 2 nitrogen and oxygen atoms in total. The van der Waals surface area contributed by atoms with Crippen molar-refractivity contribution >= 4 is 23.1 Å². The molecule has 1 saturated heterocycles. The first-order valence-electron chi connectivity index (χ1n) is 6.66. The molecule has 2 atom stereocenters. The third-order valence-electron chi connectivity index (χ3n) is 3.35. The number of aliphatic hydroxyl groups is 1. The van der Waals surface area contributed by atoms with Gasteiger partial charge in [-0.1, -0.05) is 19.9 Å². The van der Waals surface area contributed by atoms with Crippen LogP contribution in [0.25, 0.3) is 0 Å². The van der Waals surface area contributed by atoms with Crippen molar-refractivity contribution in [1.82, 2.24) is 5.32 Å². The van der Waals surface area contributed by atoms with Gasteiger partial charge in [-0.2, -0.15) is 11.8 Å². The lowest BCUT2D eigenvalue weighted by atomic mass is 9.99. The van der Waals surface area contributed by atoms with Crippen molar-refractivity contribution in [2.75, 3.05) is 18.1 Å². The summed E-state index contributed by atoms with van der Waals surface area (Å²) in [5.74, 6) is 2.63. The van der Waals surface area contributed by atoms with Gasteiger partial charge in [0.25, 0.3) is 0 Å². The van der Waals surface area contributed by atoms with Crippen LogP contribution in [-0.2, 0) is 0 Å². The summed E-state index contributed by atoms with van der Waals surface area (Å²) in [5.41, 5.74) is -0.489. The molecule has 1 fully saturated rings. The molecule has 0 saturated carbocycles. The van der Waals surface area contributed by atoms with Crippen LogP contribution < -0.4 is 5.32 Å². The Balaban J connectivity index is 1.93. The van der Waals surface area contributed by atoms with E-state index in [-0.39, 0.29) is 0 Å². The average Bonchev–Trinajstić information content (AvgIpc) is 2.95. The summed E-state index contributed by atoms with van der Waals surface area (Å²) in [6, 6.07) is 4.69. The van der Waals surface area contributed by atoms with Gasteiger partial charge in [-0.05, 0) is 36.0 Å². The van der Waals surface area contributed by atoms with Gasteiger partial charge in [0.05, 0.1) is 5.60 Å². The molecule has 102 valence electrons. The summed E-state index contributed by atoms with van der Waals surface area (Å²) in [5, 5.41) is 16.1. The van der Waals surface area contributed by atoms with Crippen LogP contribution in [0.2, 0.25) is 0 Å². The molecular formula is C14H23NOS2. The Morgan fingerprint density at radius 3 is 2.89 bits per heavy atom. The van der Waals surface area contributed by atoms with Crippen molar-refractivity contribution in [3.05, 3.63) is 22.4 Å². The molecule has 1 aromatic heterocycles. The number of hydrogen-bond donors (Lipinski definition) is 2. The zero-order valence-electron chi connectivity index (χ0n) is 11.2. The lowest BCUT2D eigenvalue weighted by Crippen LogP contribution is -2.42. The van der Waals surface area contributed by atoms with Gasteiger partial charge in [0.1, 0.15) is 0 Å². The normalized spacial score (nSPS) is 25.8. The highest BCUT2D eigenvalue weighted by molar-refractivity contribution is 7.99. The van der Waals surface area contributed by atoms with Crippen LogP contribution in [0.3, 0.4) is 0 Å². The largest absolute Gasteiger partial charge is 0.388 e. The van der Waals surface area contributed by atoms with Crippen LogP contribution in [-0.4, -0.2) is 28.8 Å². The summed E-state index contributed by atoms with van der Waals surface area (Å²) in [4.78, 5) is 1.39. The van der Waals surface area contributed by atoms with Crippen LogP contribution >= 0.6 is 23.1 Å². The quantitative estimate of drug-likeness (QED) is 0.841. The Bertz CT molecular complexity index is 345. The molecule has 2 rings (SSSR count). The van der Waals surface area contributed by atoms with Gasteiger partial charge in [-0.15, -0.1) is 11.3 Å². The highest BCUT2D eigenvalue weighted by atomic mass is 32.2. The molecule has 1 aromatic rings. The van der Waals surface area contributed by atoms with Crippen LogP contribution in [0.4, 0.5) is 0 Å². The molecule has 2 N–H and O–H groups in total. The Morgan fingerprint density at radius 1 is 1.50 bits per heavy atom. The van der Waals surface area contributed by atoms with E-state index in [4.69, 9.17) is 0 Å². The van der Waals surface area contributed by atoms with Crippen molar-refractivity contribution in [3.8, 4) is 0 Å². The van der Waals surface area contributed by atoms with E-state index < -0.39 is 5.60 Å². The average molecular weight is 285 g/mol. The van der Waals surface area contributed by atoms with Crippen LogP contribution in [0.5, 0.6) is 0 Å². The number of rotatable bonds is 6. The van der Waals surface area contributed by atoms with Crippen LogP contribution in [0.1, 0.15) is 37.6 Å². The summed E-state index contributed by atoms with van der Waals surface area (Å²) in [6.07, 6.45) is 2.05. The number of thiophene rings is 1. The van der Waals surface area contributed by atoms with Crippen molar-refractivity contribution in [3.63, 3.8) is 0 Å². The van der Waals surface area contributed by atoms with Gasteiger partial charge >= 0.3 is 0 Å². The second-order valence-corrected chi connectivity index (χ2v) is 7.69. The van der Waals surface area contributed by atoms with E-state index >= 15 is 0 Å². The first kappa shape index (κ1) is 14.4. The van der Waals surface area contributed by atoms with E-state index in [0.29, 0.717) is 12.0 Å². The van der Waals surface area contributed by atoms with E-state index in [1.807, 2.05) is 11.8 Å². The molecule has 1 aliphatic rings. The fraction of sp³-hybridized carbons (Fsp3) is 0.714. The van der Waals surface area contributed by atoms with Gasteiger partial charge in [0.15, 0.2) is 0 Å². The number of nitrogens with one attached hydrogen (secondary N) is 1. The lowest BCUT2D eigenvalue weighted by Gasteiger charge is -2.26. The Hall–Kier alpha value is -0.0300. The zero-order valence-corrected chi connectivity index (χ0v) is 12.8. The summed E-state index contributed by atoms with van der Waals surface area (Å²) in [6.45, 7) is 5.22. The Labute approximate surface area is 118 Å². The van der Waals surface area contributed by atoms with Crippen molar-refractivity contribution in [2.45, 2.75) is 38.3 Å². The lowest BCUT2D eigenvalue weighted by molar-refractivity contribution is 0.0638. The minimum absolute atomic E-state index is 0.389. The standard InChI is InChI=1S/C14H23NOS2/c1-11(2)8-12(13-4-3-6-18-13)15-9-14(16)5-7-17-10-14/h3-4,6,11-12,15-16H,5,7-10H2,1-2H3. The fourth-order valence-corrected chi connectivity index (χ4v) is 4.42. The molecule has 0 bridgehead atoms. The van der Waals surface area contributed by atoms with Crippen LogP contribution in [0, 0.1) is 5.92 Å². The second kappa shape index (κ2) is 6.42. The second-order valence-electron chi connectivity index (χ2n) is 5.61. The molecule has 0 amide bonds. The maximum atomic E-state index is 10.4. The number of hydrogen-bond acceptors (Lipinski definition) is 4. The molecule has 18 heavy (non-hydrogen) atoms. The first-order valence-corrected chi connectivity index (χ1v) is 8.69. The van der Waals surface area contributed by atoms with Crippen LogP contribution in [0.15, 0.2) is 17.5 Å². The molecule has 2 heterocycles. The van der Waals surface area contributed by atoms with Crippen molar-refractivity contribution in [1.29, 1.82) is 0 Å². The van der Waals surface area contributed by atoms with Gasteiger partial charge < -0.3 is 10.4 Å². The molecule has 0 aliphatic carbocycles. The smallest absolute Gasteiger partial charge is 0.0869 e. The fourth-order valence-electron chi connectivity index (χ4n) is 2.31. The summed E-state index contributed by atoms with van der Waals surface area (Å²) < 4.78 is 0. The Kier molecular flexibility index (Phi) is 5.13. The van der Waals surface area contributed by atoms with Gasteiger partial charge in [0.2, 0.25) is 0 Å². The molecule has 0 spiro atoms. The molecular weight excluding hydrogens is 262 g/mol. The Morgan fingerprint density at radius 2 is 2.33 bits per heavy atom.